The van der Waals surface area contributed by atoms with Crippen LogP contribution in [0.4, 0.5) is 4.79 Å². The van der Waals surface area contributed by atoms with Crippen LogP contribution in [0.5, 0.6) is 0 Å². The second kappa shape index (κ2) is 9.59. The molecule has 6 N–H and O–H groups in total. The summed E-state index contributed by atoms with van der Waals surface area (Å²) in [6.07, 6.45) is 0.500. The fourth-order valence-electron chi connectivity index (χ4n) is 1.24. The van der Waals surface area contributed by atoms with E-state index in [0.29, 0.717) is 6.54 Å². The highest BCUT2D eigenvalue weighted by molar-refractivity contribution is 5.86. The van der Waals surface area contributed by atoms with Crippen molar-refractivity contribution in [2.24, 2.45) is 5.73 Å². The van der Waals surface area contributed by atoms with E-state index in [9.17, 15) is 19.2 Å². The van der Waals surface area contributed by atoms with E-state index in [1.54, 1.807) is 0 Å². The summed E-state index contributed by atoms with van der Waals surface area (Å²) in [6, 6.07) is -2.03. The number of hydrogen-bond donors (Lipinski definition) is 5. The van der Waals surface area contributed by atoms with E-state index < -0.39 is 23.9 Å². The Bertz CT molecular complexity index is 372. The van der Waals surface area contributed by atoms with Crippen molar-refractivity contribution in [3.8, 4) is 0 Å². The molecule has 4 amide bonds. The third-order valence-electron chi connectivity index (χ3n) is 2.26. The fraction of sp³-hybridized carbons (Fsp3) is 0.636. The Hall–Kier alpha value is -2.32. The first-order valence-electron chi connectivity index (χ1n) is 6.19. The second-order valence-electron chi connectivity index (χ2n) is 4.07. The predicted octanol–water partition coefficient (Wildman–Crippen LogP) is -1.47. The molecule has 0 aromatic heterocycles. The van der Waals surface area contributed by atoms with E-state index in [1.807, 2.05) is 6.92 Å². The molecule has 0 aliphatic heterocycles. The summed E-state index contributed by atoms with van der Waals surface area (Å²) >= 11 is 0. The number of amides is 4. The molecular weight excluding hydrogens is 268 g/mol. The first-order valence-corrected chi connectivity index (χ1v) is 6.19. The van der Waals surface area contributed by atoms with Gasteiger partial charge in [0.05, 0.1) is 6.54 Å². The van der Waals surface area contributed by atoms with E-state index in [4.69, 9.17) is 10.8 Å². The highest BCUT2D eigenvalue weighted by Crippen LogP contribution is 1.97. The van der Waals surface area contributed by atoms with Crippen molar-refractivity contribution in [1.29, 1.82) is 0 Å². The Labute approximate surface area is 116 Å². The van der Waals surface area contributed by atoms with Crippen LogP contribution in [0.25, 0.3) is 0 Å². The molecule has 0 saturated heterocycles. The van der Waals surface area contributed by atoms with Gasteiger partial charge in [0, 0.05) is 13.0 Å². The van der Waals surface area contributed by atoms with Crippen LogP contribution in [0.3, 0.4) is 0 Å². The third-order valence-corrected chi connectivity index (χ3v) is 2.26. The van der Waals surface area contributed by atoms with Crippen LogP contribution in [0, 0.1) is 0 Å². The average Bonchev–Trinajstić information content (AvgIpc) is 2.38. The number of carbonyl (C=O) groups is 4. The number of nitrogens with one attached hydrogen (secondary N) is 3. The molecule has 0 heterocycles. The summed E-state index contributed by atoms with van der Waals surface area (Å²) in [5.41, 5.74) is 4.90. The molecule has 0 spiro atoms. The zero-order chi connectivity index (χ0) is 15.5. The average molecular weight is 288 g/mol. The molecule has 0 saturated carbocycles. The Balaban J connectivity index is 4.10. The van der Waals surface area contributed by atoms with Crippen molar-refractivity contribution < 1.29 is 24.3 Å². The van der Waals surface area contributed by atoms with Crippen molar-refractivity contribution in [2.45, 2.75) is 32.2 Å². The molecule has 0 aromatic rings. The minimum absolute atomic E-state index is 0.111. The minimum atomic E-state index is -1.28. The van der Waals surface area contributed by atoms with Crippen LogP contribution in [-0.2, 0) is 14.4 Å². The van der Waals surface area contributed by atoms with Gasteiger partial charge in [-0.15, -0.1) is 0 Å². The molecule has 0 aliphatic carbocycles. The molecule has 20 heavy (non-hydrogen) atoms. The van der Waals surface area contributed by atoms with E-state index in [-0.39, 0.29) is 25.3 Å². The Morgan fingerprint density at radius 3 is 2.35 bits per heavy atom. The van der Waals surface area contributed by atoms with E-state index in [1.165, 1.54) is 0 Å². The molecule has 9 nitrogen and oxygen atoms in total. The maximum absolute atomic E-state index is 11.4. The summed E-state index contributed by atoms with van der Waals surface area (Å²) < 4.78 is 0. The smallest absolute Gasteiger partial charge is 0.326 e. The molecule has 114 valence electrons. The van der Waals surface area contributed by atoms with Crippen molar-refractivity contribution in [3.05, 3.63) is 0 Å². The van der Waals surface area contributed by atoms with Crippen LogP contribution < -0.4 is 21.7 Å². The zero-order valence-electron chi connectivity index (χ0n) is 11.3. The lowest BCUT2D eigenvalue weighted by Gasteiger charge is -2.14. The molecule has 0 aromatic carbocycles. The van der Waals surface area contributed by atoms with Gasteiger partial charge in [-0.1, -0.05) is 6.92 Å². The molecule has 0 aliphatic rings. The lowest BCUT2D eigenvalue weighted by molar-refractivity contribution is -0.139. The topological polar surface area (TPSA) is 151 Å². The number of nitrogens with two attached hydrogens (primary N) is 1. The quantitative estimate of drug-likeness (QED) is 0.351. The molecule has 0 unspecified atom stereocenters. The molecule has 1 atom stereocenters. The highest BCUT2D eigenvalue weighted by Gasteiger charge is 2.20. The summed E-state index contributed by atoms with van der Waals surface area (Å²) in [5, 5.41) is 15.8. The van der Waals surface area contributed by atoms with Crippen LogP contribution in [0.2, 0.25) is 0 Å². The molecule has 0 fully saturated rings. The van der Waals surface area contributed by atoms with Gasteiger partial charge in [-0.25, -0.2) is 9.59 Å². The van der Waals surface area contributed by atoms with Crippen LogP contribution in [-0.4, -0.2) is 48.1 Å². The van der Waals surface area contributed by atoms with E-state index >= 15 is 0 Å². The number of hydrogen-bond acceptors (Lipinski definition) is 4. The van der Waals surface area contributed by atoms with Crippen molar-refractivity contribution >= 4 is 23.8 Å². The largest absolute Gasteiger partial charge is 0.480 e. The number of primary amides is 1. The Morgan fingerprint density at radius 2 is 1.85 bits per heavy atom. The molecular formula is C11H20N4O5. The Morgan fingerprint density at radius 1 is 1.20 bits per heavy atom. The number of rotatable bonds is 9. The van der Waals surface area contributed by atoms with Crippen LogP contribution in [0.1, 0.15) is 26.2 Å². The lowest BCUT2D eigenvalue weighted by Crippen LogP contribution is -2.48. The SMILES string of the molecule is CCCNC(=O)CNC(=O)N[C@H](CCC(N)=O)C(=O)O. The van der Waals surface area contributed by atoms with Gasteiger partial charge in [-0.2, -0.15) is 0 Å². The van der Waals surface area contributed by atoms with Crippen molar-refractivity contribution in [1.82, 2.24) is 16.0 Å². The first kappa shape index (κ1) is 17.7. The van der Waals surface area contributed by atoms with Crippen LogP contribution >= 0.6 is 0 Å². The van der Waals surface area contributed by atoms with Gasteiger partial charge >= 0.3 is 12.0 Å². The number of urea groups is 1. The van der Waals surface area contributed by atoms with Gasteiger partial charge in [0.15, 0.2) is 0 Å². The van der Waals surface area contributed by atoms with Crippen LogP contribution in [0.15, 0.2) is 0 Å². The summed E-state index contributed by atoms with van der Waals surface area (Å²) in [6.45, 7) is 2.13. The van der Waals surface area contributed by atoms with Gasteiger partial charge in [-0.05, 0) is 12.8 Å². The molecule has 0 radical (unpaired) electrons. The third kappa shape index (κ3) is 8.72. The van der Waals surface area contributed by atoms with Gasteiger partial charge in [0.2, 0.25) is 11.8 Å². The lowest BCUT2D eigenvalue weighted by atomic mass is 10.1. The molecule has 0 rings (SSSR count). The van der Waals surface area contributed by atoms with Gasteiger partial charge in [0.25, 0.3) is 0 Å². The minimum Gasteiger partial charge on any atom is -0.480 e. The summed E-state index contributed by atoms with van der Waals surface area (Å²) in [7, 11) is 0. The maximum atomic E-state index is 11.4. The van der Waals surface area contributed by atoms with Gasteiger partial charge in [-0.3, -0.25) is 9.59 Å². The first-order chi connectivity index (χ1) is 9.36. The summed E-state index contributed by atoms with van der Waals surface area (Å²) in [5.74, 6) is -2.31. The standard InChI is InChI=1S/C11H20N4O5/c1-2-5-13-9(17)6-14-11(20)15-7(10(18)19)3-4-8(12)16/h7H,2-6H2,1H3,(H2,12,16)(H,13,17)(H,18,19)(H2,14,15,20)/t7-/m1/s1. The summed E-state index contributed by atoms with van der Waals surface area (Å²) in [4.78, 5) is 44.0. The number of carbonyl (C=O) groups excluding carboxylic acids is 3. The van der Waals surface area contributed by atoms with E-state index in [2.05, 4.69) is 16.0 Å². The van der Waals surface area contributed by atoms with Crippen molar-refractivity contribution in [2.75, 3.05) is 13.1 Å². The van der Waals surface area contributed by atoms with Gasteiger partial charge < -0.3 is 26.8 Å². The Kier molecular flexibility index (Phi) is 8.48. The van der Waals surface area contributed by atoms with Gasteiger partial charge in [0.1, 0.15) is 6.04 Å². The maximum Gasteiger partial charge on any atom is 0.326 e. The monoisotopic (exact) mass is 288 g/mol. The highest BCUT2D eigenvalue weighted by atomic mass is 16.4. The normalized spacial score (nSPS) is 11.2. The predicted molar refractivity (Wildman–Crippen MR) is 69.7 cm³/mol. The van der Waals surface area contributed by atoms with E-state index in [0.717, 1.165) is 6.42 Å². The molecule has 0 bridgehead atoms. The number of aliphatic carboxylic acids is 1. The van der Waals surface area contributed by atoms with Crippen molar-refractivity contribution in [3.63, 3.8) is 0 Å². The fourth-order valence-corrected chi connectivity index (χ4v) is 1.24. The zero-order valence-corrected chi connectivity index (χ0v) is 11.3. The second-order valence-corrected chi connectivity index (χ2v) is 4.07. The molecule has 9 heteroatoms. The number of carboxylic acids is 1. The number of carboxylic acid groups (broad SMARTS) is 1.